The van der Waals surface area contributed by atoms with Crippen LogP contribution in [0.2, 0.25) is 0 Å². The fourth-order valence-corrected chi connectivity index (χ4v) is 4.63. The van der Waals surface area contributed by atoms with Crippen molar-refractivity contribution in [3.8, 4) is 0 Å². The van der Waals surface area contributed by atoms with Gasteiger partial charge in [-0.05, 0) is 36.5 Å². The third-order valence-electron chi connectivity index (χ3n) is 6.53. The number of carbonyl (C=O) groups is 5. The van der Waals surface area contributed by atoms with Gasteiger partial charge in [0.25, 0.3) is 5.91 Å². The summed E-state index contributed by atoms with van der Waals surface area (Å²) in [6.45, 7) is 1.67. The summed E-state index contributed by atoms with van der Waals surface area (Å²) in [5, 5.41) is 5.41. The Labute approximate surface area is 203 Å². The minimum atomic E-state index is -1.00. The van der Waals surface area contributed by atoms with E-state index in [0.717, 1.165) is 29.7 Å². The van der Waals surface area contributed by atoms with Gasteiger partial charge < -0.3 is 10.6 Å². The Bertz CT molecular complexity index is 1150. The second-order valence-electron chi connectivity index (χ2n) is 8.94. The summed E-state index contributed by atoms with van der Waals surface area (Å²) in [5.41, 5.74) is 1.41. The van der Waals surface area contributed by atoms with Gasteiger partial charge in [0.1, 0.15) is 6.54 Å². The van der Waals surface area contributed by atoms with Crippen molar-refractivity contribution in [1.82, 2.24) is 15.1 Å². The van der Waals surface area contributed by atoms with Gasteiger partial charge in [-0.1, -0.05) is 62.2 Å². The number of para-hydroxylation sites is 1. The molecule has 0 unspecified atom stereocenters. The summed E-state index contributed by atoms with van der Waals surface area (Å²) in [6, 6.07) is 14.8. The van der Waals surface area contributed by atoms with E-state index in [9.17, 15) is 24.0 Å². The summed E-state index contributed by atoms with van der Waals surface area (Å²) in [5.74, 6) is -2.86. The molecule has 1 saturated heterocycles. The molecule has 1 heterocycles. The summed E-state index contributed by atoms with van der Waals surface area (Å²) < 4.78 is 0. The van der Waals surface area contributed by atoms with E-state index in [0.29, 0.717) is 17.9 Å². The zero-order valence-corrected chi connectivity index (χ0v) is 19.5. The highest BCUT2D eigenvalue weighted by atomic mass is 16.2. The smallest absolute Gasteiger partial charge is 0.334 e. The van der Waals surface area contributed by atoms with E-state index >= 15 is 0 Å². The van der Waals surface area contributed by atoms with Crippen LogP contribution in [0.3, 0.4) is 0 Å². The van der Waals surface area contributed by atoms with Crippen molar-refractivity contribution in [2.75, 3.05) is 11.9 Å². The fourth-order valence-electron chi connectivity index (χ4n) is 4.63. The van der Waals surface area contributed by atoms with Crippen molar-refractivity contribution in [1.29, 1.82) is 0 Å². The van der Waals surface area contributed by atoms with Crippen molar-refractivity contribution in [3.05, 3.63) is 65.7 Å². The maximum Gasteiger partial charge on any atom is 0.334 e. The molecule has 1 saturated carbocycles. The van der Waals surface area contributed by atoms with Crippen molar-refractivity contribution in [3.63, 3.8) is 0 Å². The largest absolute Gasteiger partial charge is 0.348 e. The second-order valence-corrected chi connectivity index (χ2v) is 8.94. The van der Waals surface area contributed by atoms with Crippen LogP contribution in [0.5, 0.6) is 0 Å². The highest BCUT2D eigenvalue weighted by molar-refractivity contribution is 6.45. The normalized spacial score (nSPS) is 20.2. The van der Waals surface area contributed by atoms with Crippen LogP contribution in [0.4, 0.5) is 10.5 Å². The molecule has 1 aliphatic heterocycles. The van der Waals surface area contributed by atoms with Crippen molar-refractivity contribution in [2.45, 2.75) is 45.2 Å². The third kappa shape index (κ3) is 5.24. The molecule has 2 fully saturated rings. The Morgan fingerprint density at radius 3 is 2.34 bits per heavy atom. The molecule has 2 aromatic carbocycles. The summed E-state index contributed by atoms with van der Waals surface area (Å²) in [4.78, 5) is 65.2. The molecular formula is C26H28N4O5. The minimum absolute atomic E-state index is 0.0968. The third-order valence-corrected chi connectivity index (χ3v) is 6.53. The lowest BCUT2D eigenvalue weighted by atomic mass is 9.85. The number of benzene rings is 2. The molecule has 2 aromatic rings. The van der Waals surface area contributed by atoms with Gasteiger partial charge in [0.2, 0.25) is 5.91 Å². The van der Waals surface area contributed by atoms with Crippen LogP contribution in [0.1, 0.15) is 48.5 Å². The summed E-state index contributed by atoms with van der Waals surface area (Å²) >= 11 is 0. The first-order chi connectivity index (χ1) is 16.9. The number of hydrogen-bond donors (Lipinski definition) is 2. The van der Waals surface area contributed by atoms with Crippen molar-refractivity contribution < 1.29 is 24.0 Å². The van der Waals surface area contributed by atoms with E-state index in [1.807, 2.05) is 37.3 Å². The maximum atomic E-state index is 12.9. The molecule has 0 bridgehead atoms. The van der Waals surface area contributed by atoms with E-state index in [1.165, 1.54) is 0 Å². The van der Waals surface area contributed by atoms with Gasteiger partial charge >= 0.3 is 17.8 Å². The van der Waals surface area contributed by atoms with Crippen molar-refractivity contribution >= 4 is 35.3 Å². The second kappa shape index (κ2) is 10.5. The number of anilines is 1. The van der Waals surface area contributed by atoms with Crippen LogP contribution >= 0.6 is 0 Å². The molecule has 2 atom stereocenters. The van der Waals surface area contributed by atoms with Crippen LogP contribution in [0, 0.1) is 5.92 Å². The number of hydrogen-bond acceptors (Lipinski definition) is 5. The minimum Gasteiger partial charge on any atom is -0.348 e. The standard InChI is InChI=1S/C26H28N4O5/c1-17-9-5-8-14-21(17)30-25(34)24(33)29(26(30)35)16-22(31)28-20-13-7-6-12-19(20)23(32)27-15-18-10-3-2-4-11-18/h2-4,6-7,10-13,17,21H,5,8-9,14-16H2,1H3,(H,27,32)(H,28,31)/t17-,21-/m1/s1. The Balaban J connectivity index is 1.41. The quantitative estimate of drug-likeness (QED) is 0.471. The lowest BCUT2D eigenvalue weighted by molar-refractivity contribution is -0.145. The van der Waals surface area contributed by atoms with Gasteiger partial charge in [0.15, 0.2) is 0 Å². The van der Waals surface area contributed by atoms with E-state index in [4.69, 9.17) is 0 Å². The molecular weight excluding hydrogens is 448 g/mol. The Kier molecular flexibility index (Phi) is 7.24. The number of nitrogens with one attached hydrogen (secondary N) is 2. The van der Waals surface area contributed by atoms with E-state index in [1.54, 1.807) is 24.3 Å². The zero-order valence-electron chi connectivity index (χ0n) is 19.5. The average molecular weight is 477 g/mol. The molecule has 2 N–H and O–H groups in total. The van der Waals surface area contributed by atoms with Crippen LogP contribution in [0.25, 0.3) is 0 Å². The molecule has 0 aromatic heterocycles. The van der Waals surface area contributed by atoms with Crippen LogP contribution in [-0.2, 0) is 20.9 Å². The lowest BCUT2D eigenvalue weighted by Gasteiger charge is -2.34. The Hall–Kier alpha value is -4.01. The highest BCUT2D eigenvalue weighted by Crippen LogP contribution is 2.31. The first kappa shape index (κ1) is 24.1. The zero-order chi connectivity index (χ0) is 24.9. The number of urea groups is 1. The summed E-state index contributed by atoms with van der Waals surface area (Å²) in [6.07, 6.45) is 3.42. The predicted molar refractivity (Wildman–Crippen MR) is 128 cm³/mol. The Morgan fingerprint density at radius 2 is 1.60 bits per heavy atom. The molecule has 0 spiro atoms. The number of carbonyl (C=O) groups excluding carboxylic acids is 5. The van der Waals surface area contributed by atoms with E-state index in [-0.39, 0.29) is 29.1 Å². The van der Waals surface area contributed by atoms with E-state index in [2.05, 4.69) is 10.6 Å². The van der Waals surface area contributed by atoms with Crippen molar-refractivity contribution in [2.24, 2.45) is 5.92 Å². The molecule has 9 heteroatoms. The first-order valence-corrected chi connectivity index (χ1v) is 11.8. The number of imide groups is 2. The van der Waals surface area contributed by atoms with E-state index < -0.39 is 30.3 Å². The number of rotatable bonds is 7. The molecule has 1 aliphatic carbocycles. The van der Waals surface area contributed by atoms with Gasteiger partial charge in [-0.25, -0.2) is 9.69 Å². The lowest BCUT2D eigenvalue weighted by Crippen LogP contribution is -2.46. The monoisotopic (exact) mass is 476 g/mol. The van der Waals surface area contributed by atoms with Crippen LogP contribution in [-0.4, -0.2) is 52.0 Å². The van der Waals surface area contributed by atoms with Gasteiger partial charge in [-0.3, -0.25) is 24.1 Å². The number of amides is 6. The van der Waals surface area contributed by atoms with Crippen LogP contribution in [0.15, 0.2) is 54.6 Å². The van der Waals surface area contributed by atoms with Gasteiger partial charge in [0, 0.05) is 12.6 Å². The number of nitrogens with zero attached hydrogens (tertiary/aromatic N) is 2. The SMILES string of the molecule is C[C@@H]1CCCC[C@H]1N1C(=O)C(=O)N(CC(=O)Nc2ccccc2C(=O)NCc2ccccc2)C1=O. The summed E-state index contributed by atoms with van der Waals surface area (Å²) in [7, 11) is 0. The first-order valence-electron chi connectivity index (χ1n) is 11.8. The molecule has 182 valence electrons. The predicted octanol–water partition coefficient (Wildman–Crippen LogP) is 2.92. The maximum absolute atomic E-state index is 12.9. The Morgan fingerprint density at radius 1 is 0.914 bits per heavy atom. The molecule has 35 heavy (non-hydrogen) atoms. The fraction of sp³-hybridized carbons (Fsp3) is 0.346. The highest BCUT2D eigenvalue weighted by Gasteiger charge is 2.49. The molecule has 2 aliphatic rings. The topological polar surface area (TPSA) is 116 Å². The molecule has 0 radical (unpaired) electrons. The van der Waals surface area contributed by atoms with Crippen LogP contribution < -0.4 is 10.6 Å². The average Bonchev–Trinajstić information content (AvgIpc) is 3.07. The van der Waals surface area contributed by atoms with Gasteiger partial charge in [-0.15, -0.1) is 0 Å². The molecule has 9 nitrogen and oxygen atoms in total. The van der Waals surface area contributed by atoms with Gasteiger partial charge in [-0.2, -0.15) is 0 Å². The molecule has 4 rings (SSSR count). The molecule has 6 amide bonds. The van der Waals surface area contributed by atoms with Gasteiger partial charge in [0.05, 0.1) is 11.3 Å².